The molecule has 4 nitrogen and oxygen atoms in total. The van der Waals surface area contributed by atoms with Crippen molar-refractivity contribution in [3.8, 4) is 11.1 Å². The first-order valence-electron chi connectivity index (χ1n) is 5.62. The molecular formula is C14H15N3O. The van der Waals surface area contributed by atoms with Crippen LogP contribution in [0.2, 0.25) is 0 Å². The Labute approximate surface area is 106 Å². The highest BCUT2D eigenvalue weighted by molar-refractivity contribution is 6.04. The fraction of sp³-hybridized carbons (Fsp3) is 0.143. The van der Waals surface area contributed by atoms with Crippen molar-refractivity contribution >= 4 is 11.6 Å². The van der Waals surface area contributed by atoms with Crippen LogP contribution in [-0.4, -0.2) is 29.9 Å². The van der Waals surface area contributed by atoms with Crippen molar-refractivity contribution < 1.29 is 4.79 Å². The lowest BCUT2D eigenvalue weighted by atomic mass is 10.00. The molecule has 2 rings (SSSR count). The van der Waals surface area contributed by atoms with Gasteiger partial charge < -0.3 is 10.6 Å². The molecule has 1 aromatic carbocycles. The number of pyridine rings is 1. The van der Waals surface area contributed by atoms with E-state index in [1.54, 1.807) is 20.3 Å². The third-order valence-electron chi connectivity index (χ3n) is 2.68. The fourth-order valence-corrected chi connectivity index (χ4v) is 1.78. The van der Waals surface area contributed by atoms with Crippen LogP contribution in [0.3, 0.4) is 0 Å². The molecule has 4 heteroatoms. The van der Waals surface area contributed by atoms with E-state index in [0.717, 1.165) is 11.1 Å². The minimum atomic E-state index is -0.117. The van der Waals surface area contributed by atoms with Gasteiger partial charge in [-0.1, -0.05) is 30.3 Å². The van der Waals surface area contributed by atoms with E-state index in [2.05, 4.69) is 4.98 Å². The highest BCUT2D eigenvalue weighted by Gasteiger charge is 2.17. The maximum atomic E-state index is 12.2. The highest BCUT2D eigenvalue weighted by Crippen LogP contribution is 2.27. The standard InChI is InChI=1S/C14H15N3O/c1-17(2)14(18)13-11(8-16-9-12(13)15)10-6-4-3-5-7-10/h3-9H,15H2,1-2H3. The summed E-state index contributed by atoms with van der Waals surface area (Å²) in [7, 11) is 3.41. The average molecular weight is 241 g/mol. The Morgan fingerprint density at radius 2 is 1.83 bits per heavy atom. The first-order valence-corrected chi connectivity index (χ1v) is 5.62. The Kier molecular flexibility index (Phi) is 3.28. The number of anilines is 1. The lowest BCUT2D eigenvalue weighted by Gasteiger charge is -2.15. The summed E-state index contributed by atoms with van der Waals surface area (Å²) in [5.41, 5.74) is 8.48. The van der Waals surface area contributed by atoms with Crippen LogP contribution in [-0.2, 0) is 0 Å². The Morgan fingerprint density at radius 1 is 1.17 bits per heavy atom. The minimum Gasteiger partial charge on any atom is -0.397 e. The number of nitrogens with two attached hydrogens (primary N) is 1. The van der Waals surface area contributed by atoms with Gasteiger partial charge in [0.05, 0.1) is 17.4 Å². The van der Waals surface area contributed by atoms with Gasteiger partial charge in [-0.05, 0) is 5.56 Å². The van der Waals surface area contributed by atoms with Gasteiger partial charge in [-0.15, -0.1) is 0 Å². The predicted octanol–water partition coefficient (Wildman–Crippen LogP) is 2.03. The molecule has 0 aliphatic rings. The largest absolute Gasteiger partial charge is 0.397 e. The number of benzene rings is 1. The molecule has 0 radical (unpaired) electrons. The SMILES string of the molecule is CN(C)C(=O)c1c(N)cncc1-c1ccccc1. The van der Waals surface area contributed by atoms with Gasteiger partial charge in [0.2, 0.25) is 0 Å². The van der Waals surface area contributed by atoms with Crippen molar-refractivity contribution in [1.82, 2.24) is 9.88 Å². The van der Waals surface area contributed by atoms with Crippen LogP contribution < -0.4 is 5.73 Å². The second-order valence-corrected chi connectivity index (χ2v) is 4.22. The summed E-state index contributed by atoms with van der Waals surface area (Å²) < 4.78 is 0. The summed E-state index contributed by atoms with van der Waals surface area (Å²) in [5.74, 6) is -0.117. The Balaban J connectivity index is 2.62. The van der Waals surface area contributed by atoms with Gasteiger partial charge in [0.1, 0.15) is 0 Å². The molecule has 0 saturated heterocycles. The maximum absolute atomic E-state index is 12.2. The third-order valence-corrected chi connectivity index (χ3v) is 2.68. The molecule has 0 spiro atoms. The van der Waals surface area contributed by atoms with E-state index in [1.807, 2.05) is 30.3 Å². The Hall–Kier alpha value is -2.36. The number of rotatable bonds is 2. The van der Waals surface area contributed by atoms with Crippen LogP contribution in [0.1, 0.15) is 10.4 Å². The summed E-state index contributed by atoms with van der Waals surface area (Å²) in [5, 5.41) is 0. The summed E-state index contributed by atoms with van der Waals surface area (Å²) >= 11 is 0. The number of carbonyl (C=O) groups is 1. The second-order valence-electron chi connectivity index (χ2n) is 4.22. The highest BCUT2D eigenvalue weighted by atomic mass is 16.2. The molecule has 0 aliphatic heterocycles. The van der Waals surface area contributed by atoms with Gasteiger partial charge in [0.25, 0.3) is 5.91 Å². The van der Waals surface area contributed by atoms with E-state index in [-0.39, 0.29) is 5.91 Å². The van der Waals surface area contributed by atoms with Crippen LogP contribution >= 0.6 is 0 Å². The van der Waals surface area contributed by atoms with E-state index < -0.39 is 0 Å². The monoisotopic (exact) mass is 241 g/mol. The van der Waals surface area contributed by atoms with Crippen molar-refractivity contribution in [2.75, 3.05) is 19.8 Å². The van der Waals surface area contributed by atoms with Gasteiger partial charge in [-0.2, -0.15) is 0 Å². The number of hydrogen-bond donors (Lipinski definition) is 1. The van der Waals surface area contributed by atoms with Crippen LogP contribution in [0.5, 0.6) is 0 Å². The number of hydrogen-bond acceptors (Lipinski definition) is 3. The van der Waals surface area contributed by atoms with Gasteiger partial charge in [-0.3, -0.25) is 9.78 Å². The van der Waals surface area contributed by atoms with Crippen molar-refractivity contribution in [3.05, 3.63) is 48.3 Å². The summed E-state index contributed by atoms with van der Waals surface area (Å²) in [6.07, 6.45) is 3.17. The smallest absolute Gasteiger partial charge is 0.256 e. The van der Waals surface area contributed by atoms with Gasteiger partial charge >= 0.3 is 0 Å². The van der Waals surface area contributed by atoms with Gasteiger partial charge in [-0.25, -0.2) is 0 Å². The molecule has 2 N–H and O–H groups in total. The molecule has 18 heavy (non-hydrogen) atoms. The lowest BCUT2D eigenvalue weighted by molar-refractivity contribution is 0.0829. The van der Waals surface area contributed by atoms with Gasteiger partial charge in [0, 0.05) is 25.9 Å². The molecular weight excluding hydrogens is 226 g/mol. The molecule has 1 amide bonds. The molecule has 2 aromatic rings. The van der Waals surface area contributed by atoms with Crippen LogP contribution in [0, 0.1) is 0 Å². The number of aromatic nitrogens is 1. The quantitative estimate of drug-likeness (QED) is 0.875. The number of nitrogens with zero attached hydrogens (tertiary/aromatic N) is 2. The van der Waals surface area contributed by atoms with Gasteiger partial charge in [0.15, 0.2) is 0 Å². The van der Waals surface area contributed by atoms with Crippen LogP contribution in [0.15, 0.2) is 42.7 Å². The molecule has 0 aliphatic carbocycles. The summed E-state index contributed by atoms with van der Waals surface area (Å²) in [6, 6.07) is 9.63. The van der Waals surface area contributed by atoms with Crippen LogP contribution in [0.25, 0.3) is 11.1 Å². The third kappa shape index (κ3) is 2.18. The lowest BCUT2D eigenvalue weighted by Crippen LogP contribution is -2.23. The van der Waals surface area contributed by atoms with E-state index in [4.69, 9.17) is 5.73 Å². The molecule has 0 saturated carbocycles. The first-order chi connectivity index (χ1) is 8.61. The topological polar surface area (TPSA) is 59.2 Å². The molecule has 0 fully saturated rings. The van der Waals surface area contributed by atoms with E-state index >= 15 is 0 Å². The van der Waals surface area contributed by atoms with E-state index in [0.29, 0.717) is 11.3 Å². The first kappa shape index (κ1) is 12.1. The Bertz CT molecular complexity index is 565. The molecule has 92 valence electrons. The van der Waals surface area contributed by atoms with E-state index in [9.17, 15) is 4.79 Å². The number of carbonyl (C=O) groups excluding carboxylic acids is 1. The Morgan fingerprint density at radius 3 is 2.44 bits per heavy atom. The van der Waals surface area contributed by atoms with Crippen molar-refractivity contribution in [2.24, 2.45) is 0 Å². The predicted molar refractivity (Wildman–Crippen MR) is 72.1 cm³/mol. The van der Waals surface area contributed by atoms with Crippen LogP contribution in [0.4, 0.5) is 5.69 Å². The summed E-state index contributed by atoms with van der Waals surface area (Å²) in [6.45, 7) is 0. The molecule has 0 unspecified atom stereocenters. The number of nitrogen functional groups attached to an aromatic ring is 1. The second kappa shape index (κ2) is 4.87. The van der Waals surface area contributed by atoms with Crippen molar-refractivity contribution in [2.45, 2.75) is 0 Å². The molecule has 1 heterocycles. The normalized spacial score (nSPS) is 10.1. The summed E-state index contributed by atoms with van der Waals surface area (Å²) in [4.78, 5) is 17.8. The molecule has 0 atom stereocenters. The zero-order valence-electron chi connectivity index (χ0n) is 10.4. The average Bonchev–Trinajstić information content (AvgIpc) is 2.38. The number of amides is 1. The molecule has 0 bridgehead atoms. The van der Waals surface area contributed by atoms with Crippen molar-refractivity contribution in [3.63, 3.8) is 0 Å². The molecule has 1 aromatic heterocycles. The maximum Gasteiger partial charge on any atom is 0.256 e. The fourth-order valence-electron chi connectivity index (χ4n) is 1.78. The van der Waals surface area contributed by atoms with Crippen molar-refractivity contribution in [1.29, 1.82) is 0 Å². The minimum absolute atomic E-state index is 0.117. The zero-order chi connectivity index (χ0) is 13.1. The zero-order valence-corrected chi connectivity index (χ0v) is 10.4. The van der Waals surface area contributed by atoms with E-state index in [1.165, 1.54) is 11.1 Å².